The summed E-state index contributed by atoms with van der Waals surface area (Å²) in [5.41, 5.74) is 4.07. The van der Waals surface area contributed by atoms with Crippen LogP contribution in [0.2, 0.25) is 0 Å². The number of benzene rings is 2. The maximum Gasteiger partial charge on any atom is 0.246 e. The van der Waals surface area contributed by atoms with Gasteiger partial charge in [0, 0.05) is 32.0 Å². The van der Waals surface area contributed by atoms with Gasteiger partial charge >= 0.3 is 0 Å². The van der Waals surface area contributed by atoms with E-state index in [1.54, 1.807) is 23.0 Å². The summed E-state index contributed by atoms with van der Waals surface area (Å²) >= 11 is 0. The fourth-order valence-corrected chi connectivity index (χ4v) is 3.15. The summed E-state index contributed by atoms with van der Waals surface area (Å²) in [5.74, 6) is 0.00874. The summed E-state index contributed by atoms with van der Waals surface area (Å²) in [6.07, 6.45) is 1.58. The minimum Gasteiger partial charge on any atom is -0.375 e. The average molecular weight is 446 g/mol. The van der Waals surface area contributed by atoms with Gasteiger partial charge in [0.2, 0.25) is 17.8 Å². The first kappa shape index (κ1) is 21.8. The van der Waals surface area contributed by atoms with Gasteiger partial charge in [0.05, 0.1) is 11.9 Å². The van der Waals surface area contributed by atoms with Crippen molar-refractivity contribution in [3.8, 4) is 5.69 Å². The standard InChI is InChI=1S/C22H22N8O3/c1-14(31)25-16-6-4-7-17(10-16)26-22-24-12-19-21(27-22)30(29-28-19)18-8-3-5-15(9-18)11-23-20(32)13-33-2/h3-10,12H,11,13H2,1-2H3,(H,23,32)(H,25,31)(H,24,26,27). The van der Waals surface area contributed by atoms with Gasteiger partial charge in [0.1, 0.15) is 6.61 Å². The zero-order valence-electron chi connectivity index (χ0n) is 18.1. The van der Waals surface area contributed by atoms with Crippen molar-refractivity contribution < 1.29 is 14.3 Å². The molecular formula is C22H22N8O3. The highest BCUT2D eigenvalue weighted by Gasteiger charge is 2.11. The maximum atomic E-state index is 11.7. The number of rotatable bonds is 8. The van der Waals surface area contributed by atoms with Crippen LogP contribution in [-0.4, -0.2) is 50.5 Å². The van der Waals surface area contributed by atoms with Crippen molar-refractivity contribution >= 4 is 40.3 Å². The Labute approximate surface area is 189 Å². The second kappa shape index (κ2) is 9.83. The molecule has 0 aliphatic heterocycles. The van der Waals surface area contributed by atoms with Crippen LogP contribution in [0.4, 0.5) is 17.3 Å². The van der Waals surface area contributed by atoms with Gasteiger partial charge in [-0.25, -0.2) is 4.98 Å². The number of methoxy groups -OCH3 is 1. The number of carbonyl (C=O) groups excluding carboxylic acids is 2. The smallest absolute Gasteiger partial charge is 0.246 e. The van der Waals surface area contributed by atoms with Crippen LogP contribution in [-0.2, 0) is 20.9 Å². The Morgan fingerprint density at radius 3 is 2.73 bits per heavy atom. The molecule has 0 spiro atoms. The molecule has 11 heteroatoms. The molecular weight excluding hydrogens is 424 g/mol. The molecule has 2 aromatic carbocycles. The fourth-order valence-electron chi connectivity index (χ4n) is 3.15. The van der Waals surface area contributed by atoms with E-state index in [9.17, 15) is 9.59 Å². The third-order valence-electron chi connectivity index (χ3n) is 4.55. The number of fused-ring (bicyclic) bond motifs is 1. The monoisotopic (exact) mass is 446 g/mol. The molecule has 3 N–H and O–H groups in total. The van der Waals surface area contributed by atoms with E-state index in [-0.39, 0.29) is 18.4 Å². The van der Waals surface area contributed by atoms with Crippen LogP contribution in [0.1, 0.15) is 12.5 Å². The predicted octanol–water partition coefficient (Wildman–Crippen LogP) is 2.18. The first-order chi connectivity index (χ1) is 16.0. The molecule has 2 aromatic heterocycles. The molecule has 0 bridgehead atoms. The molecule has 168 valence electrons. The molecule has 0 radical (unpaired) electrons. The number of hydrogen-bond donors (Lipinski definition) is 3. The molecule has 4 aromatic rings. The number of ether oxygens (including phenoxy) is 1. The number of aromatic nitrogens is 5. The second-order valence-corrected chi connectivity index (χ2v) is 7.17. The van der Waals surface area contributed by atoms with E-state index in [2.05, 4.69) is 36.2 Å². The molecule has 0 unspecified atom stereocenters. The predicted molar refractivity (Wildman–Crippen MR) is 122 cm³/mol. The number of anilines is 3. The molecule has 0 saturated carbocycles. The van der Waals surface area contributed by atoms with Crippen LogP contribution in [0.15, 0.2) is 54.7 Å². The van der Waals surface area contributed by atoms with Gasteiger partial charge < -0.3 is 20.7 Å². The molecule has 0 saturated heterocycles. The first-order valence-electron chi connectivity index (χ1n) is 10.1. The van der Waals surface area contributed by atoms with E-state index >= 15 is 0 Å². The summed E-state index contributed by atoms with van der Waals surface area (Å²) < 4.78 is 6.43. The summed E-state index contributed by atoms with van der Waals surface area (Å²) in [4.78, 5) is 31.8. The number of amides is 2. The van der Waals surface area contributed by atoms with Crippen molar-refractivity contribution in [1.29, 1.82) is 0 Å². The molecule has 0 aliphatic rings. The van der Waals surface area contributed by atoms with Crippen LogP contribution in [0.5, 0.6) is 0 Å². The topological polar surface area (TPSA) is 136 Å². The van der Waals surface area contributed by atoms with Gasteiger partial charge in [0.15, 0.2) is 11.2 Å². The van der Waals surface area contributed by atoms with E-state index in [1.165, 1.54) is 14.0 Å². The van der Waals surface area contributed by atoms with E-state index in [0.29, 0.717) is 35.0 Å². The molecule has 0 fully saturated rings. The molecule has 33 heavy (non-hydrogen) atoms. The maximum absolute atomic E-state index is 11.7. The Kier molecular flexibility index (Phi) is 6.51. The van der Waals surface area contributed by atoms with Crippen LogP contribution in [0.25, 0.3) is 16.9 Å². The molecule has 0 atom stereocenters. The highest BCUT2D eigenvalue weighted by atomic mass is 16.5. The Balaban J connectivity index is 1.57. The summed E-state index contributed by atoms with van der Waals surface area (Å²) in [6.45, 7) is 1.82. The highest BCUT2D eigenvalue weighted by molar-refractivity contribution is 5.89. The van der Waals surface area contributed by atoms with Crippen LogP contribution < -0.4 is 16.0 Å². The van der Waals surface area contributed by atoms with Crippen LogP contribution >= 0.6 is 0 Å². The highest BCUT2D eigenvalue weighted by Crippen LogP contribution is 2.20. The number of nitrogens with zero attached hydrogens (tertiary/aromatic N) is 5. The van der Waals surface area contributed by atoms with Crippen molar-refractivity contribution in [2.45, 2.75) is 13.5 Å². The summed E-state index contributed by atoms with van der Waals surface area (Å²) in [7, 11) is 1.47. The van der Waals surface area contributed by atoms with Gasteiger partial charge in [-0.3, -0.25) is 9.59 Å². The van der Waals surface area contributed by atoms with Crippen molar-refractivity contribution in [3.05, 3.63) is 60.3 Å². The SMILES string of the molecule is COCC(=O)NCc1cccc(-n2nnc3cnc(Nc4cccc(NC(C)=O)c4)nc32)c1. The van der Waals surface area contributed by atoms with Gasteiger partial charge in [-0.2, -0.15) is 9.67 Å². The van der Waals surface area contributed by atoms with E-state index in [1.807, 2.05) is 36.4 Å². The van der Waals surface area contributed by atoms with Gasteiger partial charge in [0.25, 0.3) is 0 Å². The van der Waals surface area contributed by atoms with Crippen molar-refractivity contribution in [2.75, 3.05) is 24.4 Å². The van der Waals surface area contributed by atoms with Crippen LogP contribution in [0, 0.1) is 0 Å². The summed E-state index contributed by atoms with van der Waals surface area (Å²) in [6, 6.07) is 14.8. The van der Waals surface area contributed by atoms with Gasteiger partial charge in [-0.05, 0) is 35.9 Å². The third-order valence-corrected chi connectivity index (χ3v) is 4.55. The lowest BCUT2D eigenvalue weighted by Gasteiger charge is -2.09. The molecule has 4 rings (SSSR count). The lowest BCUT2D eigenvalue weighted by molar-refractivity contribution is -0.124. The Morgan fingerprint density at radius 2 is 1.91 bits per heavy atom. The van der Waals surface area contributed by atoms with Crippen LogP contribution in [0.3, 0.4) is 0 Å². The van der Waals surface area contributed by atoms with E-state index < -0.39 is 0 Å². The van der Waals surface area contributed by atoms with Crippen molar-refractivity contribution in [2.24, 2.45) is 0 Å². The zero-order valence-corrected chi connectivity index (χ0v) is 18.1. The number of nitrogens with one attached hydrogen (secondary N) is 3. The lowest BCUT2D eigenvalue weighted by Crippen LogP contribution is -2.26. The average Bonchev–Trinajstić information content (AvgIpc) is 3.21. The second-order valence-electron chi connectivity index (χ2n) is 7.17. The molecule has 2 amide bonds. The lowest BCUT2D eigenvalue weighted by atomic mass is 10.2. The normalized spacial score (nSPS) is 10.7. The van der Waals surface area contributed by atoms with Gasteiger partial charge in [-0.15, -0.1) is 5.10 Å². The number of carbonyl (C=O) groups is 2. The Hall–Kier alpha value is -4.38. The van der Waals surface area contributed by atoms with E-state index in [4.69, 9.17) is 4.74 Å². The summed E-state index contributed by atoms with van der Waals surface area (Å²) in [5, 5.41) is 17.0. The minimum atomic E-state index is -0.194. The zero-order chi connectivity index (χ0) is 23.2. The van der Waals surface area contributed by atoms with Crippen molar-refractivity contribution in [1.82, 2.24) is 30.3 Å². The minimum absolute atomic E-state index is 0.00776. The third kappa shape index (κ3) is 5.46. The first-order valence-corrected chi connectivity index (χ1v) is 10.1. The molecule has 0 aliphatic carbocycles. The van der Waals surface area contributed by atoms with E-state index in [0.717, 1.165) is 11.3 Å². The molecule has 2 heterocycles. The number of hydrogen-bond acceptors (Lipinski definition) is 8. The fraction of sp³-hybridized carbons (Fsp3) is 0.182. The largest absolute Gasteiger partial charge is 0.375 e. The Morgan fingerprint density at radius 1 is 1.09 bits per heavy atom. The van der Waals surface area contributed by atoms with Crippen molar-refractivity contribution in [3.63, 3.8) is 0 Å². The Bertz CT molecular complexity index is 1300. The molecule has 11 nitrogen and oxygen atoms in total. The quantitative estimate of drug-likeness (QED) is 0.375. The van der Waals surface area contributed by atoms with Gasteiger partial charge in [-0.1, -0.05) is 23.4 Å².